The van der Waals surface area contributed by atoms with Gasteiger partial charge in [0.15, 0.2) is 5.82 Å². The Morgan fingerprint density at radius 2 is 1.79 bits per heavy atom. The molecule has 0 aliphatic carbocycles. The van der Waals surface area contributed by atoms with Crippen LogP contribution >= 0.6 is 23.2 Å². The third-order valence-corrected chi connectivity index (χ3v) is 3.32. The van der Waals surface area contributed by atoms with Crippen molar-refractivity contribution in [1.82, 2.24) is 9.97 Å². The predicted molar refractivity (Wildman–Crippen MR) is 81.0 cm³/mol. The highest BCUT2D eigenvalue weighted by Crippen LogP contribution is 2.33. The molecule has 0 aliphatic heterocycles. The molecule has 0 amide bonds. The Balaban J connectivity index is 2.57. The number of anilines is 1. The zero-order valence-corrected chi connectivity index (χ0v) is 12.4. The van der Waals surface area contributed by atoms with Gasteiger partial charge in [0, 0.05) is 18.3 Å². The Hall–Kier alpha value is -1.32. The van der Waals surface area contributed by atoms with Crippen LogP contribution in [0.25, 0.3) is 11.4 Å². The third-order valence-electron chi connectivity index (χ3n) is 2.69. The van der Waals surface area contributed by atoms with E-state index >= 15 is 0 Å². The van der Waals surface area contributed by atoms with Gasteiger partial charge in [0.1, 0.15) is 5.82 Å². The lowest BCUT2D eigenvalue weighted by atomic mass is 10.2. The molecule has 100 valence electrons. The van der Waals surface area contributed by atoms with Crippen molar-refractivity contribution in [1.29, 1.82) is 0 Å². The van der Waals surface area contributed by atoms with Crippen LogP contribution in [-0.2, 0) is 6.42 Å². The maximum atomic E-state index is 6.20. The van der Waals surface area contributed by atoms with Crippen LogP contribution in [0.1, 0.15) is 19.5 Å². The van der Waals surface area contributed by atoms with Gasteiger partial charge in [-0.25, -0.2) is 9.97 Å². The van der Waals surface area contributed by atoms with Gasteiger partial charge in [-0.05, 0) is 25.5 Å². The summed E-state index contributed by atoms with van der Waals surface area (Å²) < 4.78 is 0. The van der Waals surface area contributed by atoms with Crippen molar-refractivity contribution in [3.63, 3.8) is 0 Å². The normalized spacial score (nSPS) is 10.5. The van der Waals surface area contributed by atoms with Gasteiger partial charge in [0.05, 0.1) is 15.6 Å². The largest absolute Gasteiger partial charge is 0.370 e. The number of benzene rings is 1. The van der Waals surface area contributed by atoms with E-state index < -0.39 is 0 Å². The van der Waals surface area contributed by atoms with Gasteiger partial charge in [-0.2, -0.15) is 0 Å². The predicted octanol–water partition coefficient (Wildman–Crippen LogP) is 4.44. The quantitative estimate of drug-likeness (QED) is 0.906. The Bertz CT molecular complexity index is 565. The van der Waals surface area contributed by atoms with Gasteiger partial charge in [-0.1, -0.05) is 36.2 Å². The highest BCUT2D eigenvalue weighted by atomic mass is 35.5. The van der Waals surface area contributed by atoms with Gasteiger partial charge < -0.3 is 5.32 Å². The van der Waals surface area contributed by atoms with Crippen LogP contribution in [0, 0.1) is 0 Å². The number of aromatic nitrogens is 2. The van der Waals surface area contributed by atoms with Crippen molar-refractivity contribution in [2.24, 2.45) is 0 Å². The molecule has 19 heavy (non-hydrogen) atoms. The summed E-state index contributed by atoms with van der Waals surface area (Å²) in [5.41, 5.74) is 1.64. The molecule has 5 heteroatoms. The molecular weight excluding hydrogens is 281 g/mol. The van der Waals surface area contributed by atoms with Crippen LogP contribution in [0.4, 0.5) is 5.82 Å². The molecule has 0 spiro atoms. The van der Waals surface area contributed by atoms with E-state index in [0.29, 0.717) is 21.4 Å². The first-order valence-electron chi connectivity index (χ1n) is 6.22. The van der Waals surface area contributed by atoms with Crippen LogP contribution in [0.3, 0.4) is 0 Å². The summed E-state index contributed by atoms with van der Waals surface area (Å²) in [4.78, 5) is 8.98. The number of halogens is 2. The van der Waals surface area contributed by atoms with Crippen molar-refractivity contribution < 1.29 is 0 Å². The fourth-order valence-corrected chi connectivity index (χ4v) is 2.34. The molecule has 0 bridgehead atoms. The molecule has 0 atom stereocenters. The second-order valence-electron chi connectivity index (χ2n) is 4.05. The first-order valence-corrected chi connectivity index (χ1v) is 6.97. The zero-order valence-electron chi connectivity index (χ0n) is 10.9. The Labute approximate surface area is 123 Å². The second-order valence-corrected chi connectivity index (χ2v) is 4.86. The Morgan fingerprint density at radius 3 is 2.37 bits per heavy atom. The SMILES string of the molecule is CCNc1cc(CC)nc(-c2c(Cl)cccc2Cl)n1. The molecule has 0 radical (unpaired) electrons. The number of rotatable bonds is 4. The van der Waals surface area contributed by atoms with E-state index in [2.05, 4.69) is 22.2 Å². The number of nitrogens with one attached hydrogen (secondary N) is 1. The lowest BCUT2D eigenvalue weighted by Gasteiger charge is -2.10. The monoisotopic (exact) mass is 295 g/mol. The van der Waals surface area contributed by atoms with Crippen molar-refractivity contribution in [3.8, 4) is 11.4 Å². The van der Waals surface area contributed by atoms with E-state index in [1.165, 1.54) is 0 Å². The summed E-state index contributed by atoms with van der Waals surface area (Å²) in [5.74, 6) is 1.35. The molecule has 0 fully saturated rings. The molecule has 0 saturated carbocycles. The summed E-state index contributed by atoms with van der Waals surface area (Å²) in [6.07, 6.45) is 0.829. The summed E-state index contributed by atoms with van der Waals surface area (Å²) >= 11 is 12.4. The summed E-state index contributed by atoms with van der Waals surface area (Å²) in [5, 5.41) is 4.31. The summed E-state index contributed by atoms with van der Waals surface area (Å²) in [6, 6.07) is 7.33. The number of hydrogen-bond acceptors (Lipinski definition) is 3. The average Bonchev–Trinajstić information content (AvgIpc) is 2.38. The lowest BCUT2D eigenvalue weighted by molar-refractivity contribution is 0.998. The van der Waals surface area contributed by atoms with E-state index in [0.717, 1.165) is 24.5 Å². The standard InChI is InChI=1S/C14H15Cl2N3/c1-3-9-8-12(17-4-2)19-14(18-9)13-10(15)6-5-7-11(13)16/h5-8H,3-4H2,1-2H3,(H,17,18,19). The van der Waals surface area contributed by atoms with E-state index in [-0.39, 0.29) is 0 Å². The molecule has 1 aromatic carbocycles. The molecule has 1 N–H and O–H groups in total. The molecule has 1 aromatic heterocycles. The number of hydrogen-bond donors (Lipinski definition) is 1. The number of aryl methyl sites for hydroxylation is 1. The van der Waals surface area contributed by atoms with Gasteiger partial charge >= 0.3 is 0 Å². The smallest absolute Gasteiger partial charge is 0.164 e. The molecule has 0 unspecified atom stereocenters. The van der Waals surface area contributed by atoms with Crippen molar-refractivity contribution in [2.45, 2.75) is 20.3 Å². The first-order chi connectivity index (χ1) is 9.15. The van der Waals surface area contributed by atoms with E-state index in [1.807, 2.05) is 19.1 Å². The maximum Gasteiger partial charge on any atom is 0.164 e. The molecule has 3 nitrogen and oxygen atoms in total. The first kappa shape index (κ1) is 14.1. The Morgan fingerprint density at radius 1 is 1.11 bits per heavy atom. The van der Waals surface area contributed by atoms with Crippen LogP contribution in [0.2, 0.25) is 10.0 Å². The zero-order chi connectivity index (χ0) is 13.8. The van der Waals surface area contributed by atoms with E-state index in [1.54, 1.807) is 12.1 Å². The second kappa shape index (κ2) is 6.22. The van der Waals surface area contributed by atoms with E-state index in [9.17, 15) is 0 Å². The third kappa shape index (κ3) is 3.17. The van der Waals surface area contributed by atoms with Crippen LogP contribution in [0.5, 0.6) is 0 Å². The van der Waals surface area contributed by atoms with Gasteiger partial charge in [0.25, 0.3) is 0 Å². The average molecular weight is 296 g/mol. The van der Waals surface area contributed by atoms with Crippen molar-refractivity contribution in [3.05, 3.63) is 40.0 Å². The van der Waals surface area contributed by atoms with E-state index in [4.69, 9.17) is 23.2 Å². The van der Waals surface area contributed by atoms with Gasteiger partial charge in [-0.3, -0.25) is 0 Å². The molecule has 0 saturated heterocycles. The van der Waals surface area contributed by atoms with Gasteiger partial charge in [-0.15, -0.1) is 0 Å². The molecular formula is C14H15Cl2N3. The molecule has 0 aliphatic rings. The minimum absolute atomic E-state index is 0.559. The van der Waals surface area contributed by atoms with Crippen LogP contribution in [-0.4, -0.2) is 16.5 Å². The summed E-state index contributed by atoms with van der Waals surface area (Å²) in [7, 11) is 0. The fourth-order valence-electron chi connectivity index (χ4n) is 1.77. The van der Waals surface area contributed by atoms with Gasteiger partial charge in [0.2, 0.25) is 0 Å². The minimum atomic E-state index is 0.559. The lowest BCUT2D eigenvalue weighted by Crippen LogP contribution is -2.04. The molecule has 2 aromatic rings. The highest BCUT2D eigenvalue weighted by molar-refractivity contribution is 6.38. The minimum Gasteiger partial charge on any atom is -0.370 e. The van der Waals surface area contributed by atoms with Crippen molar-refractivity contribution >= 4 is 29.0 Å². The maximum absolute atomic E-state index is 6.20. The summed E-state index contributed by atoms with van der Waals surface area (Å²) in [6.45, 7) is 4.88. The fraction of sp³-hybridized carbons (Fsp3) is 0.286. The molecule has 1 heterocycles. The van der Waals surface area contributed by atoms with Crippen LogP contribution < -0.4 is 5.32 Å². The van der Waals surface area contributed by atoms with Crippen LogP contribution in [0.15, 0.2) is 24.3 Å². The molecule has 2 rings (SSSR count). The Kier molecular flexibility index (Phi) is 4.61. The highest BCUT2D eigenvalue weighted by Gasteiger charge is 2.13. The number of nitrogens with zero attached hydrogens (tertiary/aromatic N) is 2. The van der Waals surface area contributed by atoms with Crippen molar-refractivity contribution in [2.75, 3.05) is 11.9 Å². The topological polar surface area (TPSA) is 37.8 Å².